The number of morpholine rings is 1. The molecule has 0 aliphatic carbocycles. The van der Waals surface area contributed by atoms with Crippen molar-refractivity contribution in [1.29, 1.82) is 0 Å². The maximum absolute atomic E-state index is 13.4. The van der Waals surface area contributed by atoms with E-state index in [0.29, 0.717) is 42.6 Å². The summed E-state index contributed by atoms with van der Waals surface area (Å²) in [6.45, 7) is 2.98. The smallest absolute Gasteiger partial charge is 0.254 e. The summed E-state index contributed by atoms with van der Waals surface area (Å²) in [5, 5.41) is 9.90. The van der Waals surface area contributed by atoms with E-state index in [-0.39, 0.29) is 12.5 Å². The normalized spacial score (nSPS) is 19.0. The molecule has 2 atom stereocenters. The van der Waals surface area contributed by atoms with Gasteiger partial charge in [0.1, 0.15) is 11.9 Å². The number of carbonyl (C=O) groups is 1. The van der Waals surface area contributed by atoms with Crippen LogP contribution in [-0.4, -0.2) is 62.6 Å². The Bertz CT molecular complexity index is 840. The number of benzene rings is 2. The summed E-state index contributed by atoms with van der Waals surface area (Å²) in [7, 11) is 3.13. The fourth-order valence-corrected chi connectivity index (χ4v) is 3.60. The number of aliphatic hydroxyl groups is 1. The number of amides is 1. The summed E-state index contributed by atoms with van der Waals surface area (Å²) in [6, 6.07) is 12.1. The predicted molar refractivity (Wildman–Crippen MR) is 108 cm³/mol. The van der Waals surface area contributed by atoms with Gasteiger partial charge < -0.3 is 29.0 Å². The van der Waals surface area contributed by atoms with Crippen LogP contribution in [0.3, 0.4) is 0 Å². The average Bonchev–Trinajstić information content (AvgIpc) is 2.77. The minimum Gasteiger partial charge on any atom is -0.494 e. The van der Waals surface area contributed by atoms with Crippen molar-refractivity contribution in [3.63, 3.8) is 0 Å². The number of nitrogens with zero attached hydrogens (tertiary/aromatic N) is 1. The van der Waals surface area contributed by atoms with Crippen molar-refractivity contribution in [2.45, 2.75) is 19.1 Å². The summed E-state index contributed by atoms with van der Waals surface area (Å²) < 4.78 is 22.0. The van der Waals surface area contributed by atoms with Gasteiger partial charge in [0.05, 0.1) is 40.1 Å². The standard InChI is InChI=1S/C22H27NO6/c1-4-28-17-7-5-6-16(12-17)22(25)23-10-11-29-20(14-24)21(23)15-8-9-18(26-2)19(13-15)27-3/h5-9,12-13,20-21,24H,4,10-11,14H2,1-3H3/t20-,21-/m1/s1. The van der Waals surface area contributed by atoms with Gasteiger partial charge in [-0.05, 0) is 42.8 Å². The van der Waals surface area contributed by atoms with Crippen molar-refractivity contribution in [3.8, 4) is 17.2 Å². The first-order chi connectivity index (χ1) is 14.1. The molecule has 2 aromatic rings. The largest absolute Gasteiger partial charge is 0.494 e. The Hall–Kier alpha value is -2.77. The van der Waals surface area contributed by atoms with E-state index in [1.807, 2.05) is 25.1 Å². The van der Waals surface area contributed by atoms with E-state index < -0.39 is 12.1 Å². The Morgan fingerprint density at radius 3 is 2.66 bits per heavy atom. The zero-order chi connectivity index (χ0) is 20.8. The maximum Gasteiger partial charge on any atom is 0.254 e. The third-order valence-corrected chi connectivity index (χ3v) is 4.93. The lowest BCUT2D eigenvalue weighted by atomic mass is 9.96. The van der Waals surface area contributed by atoms with Crippen LogP contribution < -0.4 is 14.2 Å². The third kappa shape index (κ3) is 4.46. The average molecular weight is 401 g/mol. The predicted octanol–water partition coefficient (Wildman–Crippen LogP) is 2.68. The summed E-state index contributed by atoms with van der Waals surface area (Å²) in [5.74, 6) is 1.65. The fourth-order valence-electron chi connectivity index (χ4n) is 3.60. The van der Waals surface area contributed by atoms with E-state index in [2.05, 4.69) is 0 Å². The minimum absolute atomic E-state index is 0.145. The maximum atomic E-state index is 13.4. The molecule has 7 heteroatoms. The zero-order valence-corrected chi connectivity index (χ0v) is 17.0. The molecule has 1 fully saturated rings. The van der Waals surface area contributed by atoms with Crippen molar-refractivity contribution in [2.24, 2.45) is 0 Å². The number of methoxy groups -OCH3 is 2. The van der Waals surface area contributed by atoms with Crippen molar-refractivity contribution in [2.75, 3.05) is 40.6 Å². The number of rotatable bonds is 7. The number of hydrogen-bond acceptors (Lipinski definition) is 6. The lowest BCUT2D eigenvalue weighted by Gasteiger charge is -2.41. The number of ether oxygens (including phenoxy) is 4. The van der Waals surface area contributed by atoms with Gasteiger partial charge in [0.25, 0.3) is 5.91 Å². The first-order valence-electron chi connectivity index (χ1n) is 9.61. The van der Waals surface area contributed by atoms with Crippen LogP contribution in [0.2, 0.25) is 0 Å². The highest BCUT2D eigenvalue weighted by Gasteiger charge is 2.37. The highest BCUT2D eigenvalue weighted by Crippen LogP contribution is 2.36. The van der Waals surface area contributed by atoms with Gasteiger partial charge in [-0.2, -0.15) is 0 Å². The molecule has 1 amide bonds. The Morgan fingerprint density at radius 1 is 1.17 bits per heavy atom. The van der Waals surface area contributed by atoms with E-state index in [1.165, 1.54) is 0 Å². The summed E-state index contributed by atoms with van der Waals surface area (Å²) >= 11 is 0. The Morgan fingerprint density at radius 2 is 1.97 bits per heavy atom. The molecule has 3 rings (SSSR count). The van der Waals surface area contributed by atoms with E-state index >= 15 is 0 Å². The van der Waals surface area contributed by atoms with Crippen LogP contribution in [0.5, 0.6) is 17.2 Å². The Balaban J connectivity index is 1.97. The second-order valence-corrected chi connectivity index (χ2v) is 6.61. The van der Waals surface area contributed by atoms with Crippen molar-refractivity contribution in [1.82, 2.24) is 4.90 Å². The second-order valence-electron chi connectivity index (χ2n) is 6.61. The fraction of sp³-hybridized carbons (Fsp3) is 0.409. The van der Waals surface area contributed by atoms with E-state index in [4.69, 9.17) is 18.9 Å². The van der Waals surface area contributed by atoms with Gasteiger partial charge in [0.2, 0.25) is 0 Å². The van der Waals surface area contributed by atoms with Crippen molar-refractivity contribution in [3.05, 3.63) is 53.6 Å². The molecule has 0 bridgehead atoms. The highest BCUT2D eigenvalue weighted by atomic mass is 16.5. The molecule has 0 saturated carbocycles. The van der Waals surface area contributed by atoms with Gasteiger partial charge in [0, 0.05) is 12.1 Å². The van der Waals surface area contributed by atoms with Crippen LogP contribution in [0.15, 0.2) is 42.5 Å². The van der Waals surface area contributed by atoms with Crippen molar-refractivity contribution >= 4 is 5.91 Å². The van der Waals surface area contributed by atoms with Crippen LogP contribution in [0, 0.1) is 0 Å². The molecular weight excluding hydrogens is 374 g/mol. The molecule has 1 aliphatic heterocycles. The van der Waals surface area contributed by atoms with Crippen molar-refractivity contribution < 1.29 is 28.8 Å². The summed E-state index contributed by atoms with van der Waals surface area (Å²) in [4.78, 5) is 15.1. The van der Waals surface area contributed by atoms with E-state index in [0.717, 1.165) is 5.56 Å². The van der Waals surface area contributed by atoms with E-state index in [9.17, 15) is 9.90 Å². The van der Waals surface area contributed by atoms with Gasteiger partial charge >= 0.3 is 0 Å². The molecule has 0 spiro atoms. The summed E-state index contributed by atoms with van der Waals surface area (Å²) in [5.41, 5.74) is 1.33. The molecule has 156 valence electrons. The quantitative estimate of drug-likeness (QED) is 0.769. The Kier molecular flexibility index (Phi) is 6.95. The molecule has 0 unspecified atom stereocenters. The molecule has 2 aromatic carbocycles. The minimum atomic E-state index is -0.541. The van der Waals surface area contributed by atoms with Gasteiger partial charge in [-0.15, -0.1) is 0 Å². The first-order valence-corrected chi connectivity index (χ1v) is 9.61. The molecule has 0 aromatic heterocycles. The van der Waals surface area contributed by atoms with Gasteiger partial charge in [-0.25, -0.2) is 0 Å². The molecule has 1 aliphatic rings. The van der Waals surface area contributed by atoms with Crippen LogP contribution in [0.4, 0.5) is 0 Å². The van der Waals surface area contributed by atoms with Crippen LogP contribution >= 0.6 is 0 Å². The lowest BCUT2D eigenvalue weighted by Crippen LogP contribution is -2.49. The molecule has 1 N–H and O–H groups in total. The van der Waals surface area contributed by atoms with E-state index in [1.54, 1.807) is 43.4 Å². The van der Waals surface area contributed by atoms with Gasteiger partial charge in [-0.3, -0.25) is 4.79 Å². The second kappa shape index (κ2) is 9.62. The first kappa shape index (κ1) is 21.0. The molecule has 0 radical (unpaired) electrons. The van der Waals surface area contributed by atoms with Gasteiger partial charge in [0.15, 0.2) is 11.5 Å². The third-order valence-electron chi connectivity index (χ3n) is 4.93. The molecular formula is C22H27NO6. The van der Waals surface area contributed by atoms with Crippen LogP contribution in [0.25, 0.3) is 0 Å². The summed E-state index contributed by atoms with van der Waals surface area (Å²) in [6.07, 6.45) is -0.541. The van der Waals surface area contributed by atoms with Crippen LogP contribution in [-0.2, 0) is 4.74 Å². The zero-order valence-electron chi connectivity index (χ0n) is 17.0. The SMILES string of the molecule is CCOc1cccc(C(=O)N2CCO[C@H](CO)[C@H]2c2ccc(OC)c(OC)c2)c1. The molecule has 7 nitrogen and oxygen atoms in total. The van der Waals surface area contributed by atoms with Gasteiger partial charge in [-0.1, -0.05) is 12.1 Å². The molecule has 1 heterocycles. The number of hydrogen-bond donors (Lipinski definition) is 1. The lowest BCUT2D eigenvalue weighted by molar-refractivity contribution is -0.0811. The Labute approximate surface area is 170 Å². The number of aliphatic hydroxyl groups excluding tert-OH is 1. The van der Waals surface area contributed by atoms with Crippen LogP contribution in [0.1, 0.15) is 28.9 Å². The molecule has 29 heavy (non-hydrogen) atoms. The topological polar surface area (TPSA) is 77.5 Å². The monoisotopic (exact) mass is 401 g/mol. The number of carbonyl (C=O) groups excluding carboxylic acids is 1. The highest BCUT2D eigenvalue weighted by molar-refractivity contribution is 5.95. The molecule has 1 saturated heterocycles.